The van der Waals surface area contributed by atoms with E-state index in [0.29, 0.717) is 5.89 Å². The minimum atomic E-state index is 0.630. The van der Waals surface area contributed by atoms with Gasteiger partial charge in [0.25, 0.3) is 0 Å². The maximum absolute atomic E-state index is 6.18. The van der Waals surface area contributed by atoms with Crippen LogP contribution in [0.25, 0.3) is 65.0 Å². The molecule has 0 saturated heterocycles. The molecule has 0 radical (unpaired) electrons. The van der Waals surface area contributed by atoms with Gasteiger partial charge in [-0.1, -0.05) is 103 Å². The van der Waals surface area contributed by atoms with Crippen molar-refractivity contribution in [2.75, 3.05) is 4.90 Å². The summed E-state index contributed by atoms with van der Waals surface area (Å²) in [6.07, 6.45) is 0. The van der Waals surface area contributed by atoms with Crippen molar-refractivity contribution < 1.29 is 4.42 Å². The van der Waals surface area contributed by atoms with E-state index in [9.17, 15) is 0 Å². The topological polar surface area (TPSA) is 29.3 Å². The van der Waals surface area contributed by atoms with Gasteiger partial charge < -0.3 is 9.32 Å². The molecule has 0 bridgehead atoms. The van der Waals surface area contributed by atoms with Gasteiger partial charge in [-0.3, -0.25) is 0 Å². The third-order valence-electron chi connectivity index (χ3n) is 8.71. The summed E-state index contributed by atoms with van der Waals surface area (Å²) < 4.78 is 8.78. The van der Waals surface area contributed by atoms with Crippen molar-refractivity contribution in [1.29, 1.82) is 0 Å². The van der Waals surface area contributed by atoms with Crippen LogP contribution in [-0.2, 0) is 0 Å². The van der Waals surface area contributed by atoms with Gasteiger partial charge in [-0.15, -0.1) is 11.3 Å². The summed E-state index contributed by atoms with van der Waals surface area (Å²) in [5, 5.41) is 2.56. The molecular weight excluding hydrogens is 593 g/mol. The first kappa shape index (κ1) is 27.3. The van der Waals surface area contributed by atoms with Crippen LogP contribution in [0.15, 0.2) is 174 Å². The monoisotopic (exact) mass is 620 g/mol. The van der Waals surface area contributed by atoms with Crippen molar-refractivity contribution >= 4 is 59.7 Å². The van der Waals surface area contributed by atoms with Crippen LogP contribution in [0.4, 0.5) is 17.1 Å². The lowest BCUT2D eigenvalue weighted by Crippen LogP contribution is -2.10. The molecule has 0 spiro atoms. The number of rotatable bonds is 6. The highest BCUT2D eigenvalue weighted by molar-refractivity contribution is 7.25. The zero-order chi connectivity index (χ0) is 31.2. The van der Waals surface area contributed by atoms with Crippen LogP contribution < -0.4 is 4.90 Å². The molecule has 0 saturated carbocycles. The van der Waals surface area contributed by atoms with Gasteiger partial charge in [0.1, 0.15) is 5.52 Å². The van der Waals surface area contributed by atoms with Gasteiger partial charge in [-0.05, 0) is 83.4 Å². The summed E-state index contributed by atoms with van der Waals surface area (Å²) in [5.41, 5.74) is 10.4. The molecule has 0 aliphatic heterocycles. The Hall–Kier alpha value is -5.97. The molecule has 2 aromatic heterocycles. The van der Waals surface area contributed by atoms with Crippen LogP contribution >= 0.6 is 11.3 Å². The average molecular weight is 621 g/mol. The Bertz CT molecular complexity index is 2510. The van der Waals surface area contributed by atoms with Crippen molar-refractivity contribution in [2.24, 2.45) is 0 Å². The van der Waals surface area contributed by atoms with Crippen molar-refractivity contribution in [1.82, 2.24) is 4.98 Å². The first-order chi connectivity index (χ1) is 23.3. The zero-order valence-corrected chi connectivity index (χ0v) is 26.2. The maximum Gasteiger partial charge on any atom is 0.227 e. The third-order valence-corrected chi connectivity index (χ3v) is 9.86. The van der Waals surface area contributed by atoms with Crippen molar-refractivity contribution in [2.45, 2.75) is 0 Å². The molecule has 0 fully saturated rings. The second kappa shape index (κ2) is 11.4. The molecule has 0 N–H and O–H groups in total. The van der Waals surface area contributed by atoms with Gasteiger partial charge in [0, 0.05) is 48.4 Å². The van der Waals surface area contributed by atoms with E-state index < -0.39 is 0 Å². The number of fused-ring (bicyclic) bond motifs is 4. The summed E-state index contributed by atoms with van der Waals surface area (Å²) in [6, 6.07) is 59.8. The number of hydrogen-bond donors (Lipinski definition) is 0. The molecule has 0 atom stereocenters. The van der Waals surface area contributed by atoms with Gasteiger partial charge in [0.2, 0.25) is 5.89 Å². The largest absolute Gasteiger partial charge is 0.436 e. The predicted octanol–water partition coefficient (Wildman–Crippen LogP) is 12.7. The van der Waals surface area contributed by atoms with Gasteiger partial charge in [-0.25, -0.2) is 4.98 Å². The first-order valence-electron chi connectivity index (χ1n) is 15.7. The highest BCUT2D eigenvalue weighted by Crippen LogP contribution is 2.42. The van der Waals surface area contributed by atoms with Gasteiger partial charge in [0.05, 0.1) is 0 Å². The highest BCUT2D eigenvalue weighted by Gasteiger charge is 2.17. The summed E-state index contributed by atoms with van der Waals surface area (Å²) >= 11 is 1.84. The van der Waals surface area contributed by atoms with Crippen molar-refractivity contribution in [3.8, 4) is 33.7 Å². The molecule has 0 amide bonds. The SMILES string of the molecule is c1ccc(-c2cccc(N(c3ccc(-c4cccc5oc(-c6ccccc6)nc45)cc3)c3ccc4sc5ccccc5c4c3)c2)cc1. The Kier molecular flexibility index (Phi) is 6.65. The highest BCUT2D eigenvalue weighted by atomic mass is 32.1. The second-order valence-electron chi connectivity index (χ2n) is 11.6. The quantitative estimate of drug-likeness (QED) is 0.185. The summed E-state index contributed by atoms with van der Waals surface area (Å²) in [6.45, 7) is 0. The summed E-state index contributed by atoms with van der Waals surface area (Å²) in [4.78, 5) is 7.28. The molecule has 4 heteroatoms. The lowest BCUT2D eigenvalue weighted by Gasteiger charge is -2.26. The van der Waals surface area contributed by atoms with Gasteiger partial charge in [0.15, 0.2) is 5.58 Å². The van der Waals surface area contributed by atoms with E-state index >= 15 is 0 Å². The van der Waals surface area contributed by atoms with Crippen LogP contribution in [-0.4, -0.2) is 4.98 Å². The minimum absolute atomic E-state index is 0.630. The molecule has 0 aliphatic carbocycles. The number of anilines is 3. The number of aromatic nitrogens is 1. The number of benzene rings is 7. The standard InChI is InChI=1S/C43H28N2OS/c1-3-11-29(12-4-1)32-15-9-16-34(27-32)45(35-25-26-41-38(28-35)37-17-7-8-20-40(37)47-41)33-23-21-30(22-24-33)36-18-10-19-39-42(36)44-43(46-39)31-13-5-2-6-14-31/h1-28H. The second-order valence-corrected chi connectivity index (χ2v) is 12.7. The Morgan fingerprint density at radius 1 is 0.447 bits per heavy atom. The van der Waals surface area contributed by atoms with Crippen molar-refractivity contribution in [3.05, 3.63) is 170 Å². The molecule has 222 valence electrons. The zero-order valence-electron chi connectivity index (χ0n) is 25.4. The molecule has 9 aromatic rings. The molecule has 47 heavy (non-hydrogen) atoms. The van der Waals surface area contributed by atoms with Crippen molar-refractivity contribution in [3.63, 3.8) is 0 Å². The summed E-state index contributed by atoms with van der Waals surface area (Å²) in [7, 11) is 0. The van der Waals surface area contributed by atoms with Gasteiger partial charge >= 0.3 is 0 Å². The van der Waals surface area contributed by atoms with Crippen LogP contribution in [0.5, 0.6) is 0 Å². The third kappa shape index (κ3) is 4.96. The lowest BCUT2D eigenvalue weighted by atomic mass is 10.0. The van der Waals surface area contributed by atoms with Gasteiger partial charge in [-0.2, -0.15) is 0 Å². The number of oxazole rings is 1. The Balaban J connectivity index is 1.17. The first-order valence-corrected chi connectivity index (χ1v) is 16.5. The number of hydrogen-bond acceptors (Lipinski definition) is 4. The van der Waals surface area contributed by atoms with Crippen LogP contribution in [0.2, 0.25) is 0 Å². The van der Waals surface area contributed by atoms with E-state index in [1.807, 2.05) is 53.8 Å². The Morgan fingerprint density at radius 3 is 1.94 bits per heavy atom. The van der Waals surface area contributed by atoms with E-state index in [-0.39, 0.29) is 0 Å². The van der Waals surface area contributed by atoms with E-state index in [0.717, 1.165) is 44.9 Å². The van der Waals surface area contributed by atoms with E-state index in [4.69, 9.17) is 9.40 Å². The van der Waals surface area contributed by atoms with E-state index in [2.05, 4.69) is 132 Å². The molecule has 3 nitrogen and oxygen atoms in total. The van der Waals surface area contributed by atoms with E-state index in [1.165, 1.54) is 31.3 Å². The molecule has 9 rings (SSSR count). The molecule has 7 aromatic carbocycles. The number of nitrogens with zero attached hydrogens (tertiary/aromatic N) is 2. The van der Waals surface area contributed by atoms with Crippen LogP contribution in [0.3, 0.4) is 0 Å². The fraction of sp³-hybridized carbons (Fsp3) is 0. The Morgan fingerprint density at radius 2 is 1.11 bits per heavy atom. The van der Waals surface area contributed by atoms with Crippen LogP contribution in [0, 0.1) is 0 Å². The Labute approximate surface area is 276 Å². The normalized spacial score (nSPS) is 11.4. The molecule has 0 aliphatic rings. The van der Waals surface area contributed by atoms with E-state index in [1.54, 1.807) is 0 Å². The lowest BCUT2D eigenvalue weighted by molar-refractivity contribution is 0.620. The fourth-order valence-electron chi connectivity index (χ4n) is 6.43. The molecular formula is C43H28N2OS. The van der Waals surface area contributed by atoms with Crippen LogP contribution in [0.1, 0.15) is 0 Å². The molecule has 0 unspecified atom stereocenters. The fourth-order valence-corrected chi connectivity index (χ4v) is 7.52. The maximum atomic E-state index is 6.18. The minimum Gasteiger partial charge on any atom is -0.436 e. The number of thiophene rings is 1. The summed E-state index contributed by atoms with van der Waals surface area (Å²) in [5.74, 6) is 0.630. The number of para-hydroxylation sites is 1. The average Bonchev–Trinajstić information content (AvgIpc) is 3.75. The molecule has 2 heterocycles. The smallest absolute Gasteiger partial charge is 0.227 e. The predicted molar refractivity (Wildman–Crippen MR) is 198 cm³/mol.